The first-order valence-electron chi connectivity index (χ1n) is 6.09. The second-order valence-electron chi connectivity index (χ2n) is 4.09. The molecule has 1 aliphatic heterocycles. The number of halogens is 1. The van der Waals surface area contributed by atoms with E-state index in [2.05, 4.69) is 4.98 Å². The first-order valence-corrected chi connectivity index (χ1v) is 7.28. The number of aromatic carboxylic acids is 1. The van der Waals surface area contributed by atoms with Crippen LogP contribution in [-0.2, 0) is 4.74 Å². The molecule has 1 saturated heterocycles. The molecule has 1 aliphatic rings. The van der Waals surface area contributed by atoms with Crippen molar-refractivity contribution < 1.29 is 19.4 Å². The SMILES string of the molecule is CCOC(=O)N1CCN(c2nc(Cl)c(C(=O)O)s2)CC1. The molecule has 0 unspecified atom stereocenters. The Balaban J connectivity index is 1.98. The number of carboxylic acid groups (broad SMARTS) is 1. The molecule has 0 aliphatic carbocycles. The van der Waals surface area contributed by atoms with Gasteiger partial charge in [0.2, 0.25) is 0 Å². The minimum absolute atomic E-state index is 0.00493. The van der Waals surface area contributed by atoms with Gasteiger partial charge in [0.05, 0.1) is 6.61 Å². The molecule has 1 amide bonds. The fourth-order valence-corrected chi connectivity index (χ4v) is 3.03. The Bertz CT molecular complexity index is 514. The van der Waals surface area contributed by atoms with E-state index < -0.39 is 5.97 Å². The van der Waals surface area contributed by atoms with E-state index in [4.69, 9.17) is 21.4 Å². The van der Waals surface area contributed by atoms with Gasteiger partial charge in [-0.25, -0.2) is 14.6 Å². The van der Waals surface area contributed by atoms with E-state index in [0.717, 1.165) is 11.3 Å². The molecule has 0 radical (unpaired) electrons. The zero-order valence-electron chi connectivity index (χ0n) is 10.8. The van der Waals surface area contributed by atoms with Crippen LogP contribution >= 0.6 is 22.9 Å². The zero-order valence-corrected chi connectivity index (χ0v) is 12.4. The molecule has 0 spiro atoms. The minimum Gasteiger partial charge on any atom is -0.477 e. The number of aromatic nitrogens is 1. The largest absolute Gasteiger partial charge is 0.477 e. The van der Waals surface area contributed by atoms with E-state index in [-0.39, 0.29) is 16.1 Å². The maximum Gasteiger partial charge on any atom is 0.409 e. The normalized spacial score (nSPS) is 15.3. The molecule has 1 N–H and O–H groups in total. The summed E-state index contributed by atoms with van der Waals surface area (Å²) in [6, 6.07) is 0. The molecule has 0 saturated carbocycles. The van der Waals surface area contributed by atoms with Gasteiger partial charge in [0.1, 0.15) is 0 Å². The van der Waals surface area contributed by atoms with Crippen LogP contribution in [-0.4, -0.2) is 59.8 Å². The number of carboxylic acids is 1. The number of ether oxygens (including phenoxy) is 1. The Morgan fingerprint density at radius 2 is 2.05 bits per heavy atom. The number of thiazole rings is 1. The Morgan fingerprint density at radius 1 is 1.40 bits per heavy atom. The third-order valence-corrected chi connectivity index (χ3v) is 4.33. The van der Waals surface area contributed by atoms with Crippen molar-refractivity contribution in [1.29, 1.82) is 0 Å². The molecule has 2 heterocycles. The topological polar surface area (TPSA) is 83.0 Å². The fourth-order valence-electron chi connectivity index (χ4n) is 1.85. The third kappa shape index (κ3) is 3.13. The van der Waals surface area contributed by atoms with E-state index in [0.29, 0.717) is 37.9 Å². The van der Waals surface area contributed by atoms with Gasteiger partial charge in [-0.15, -0.1) is 0 Å². The number of hydrogen-bond donors (Lipinski definition) is 1. The van der Waals surface area contributed by atoms with Crippen LogP contribution < -0.4 is 4.90 Å². The Kier molecular flexibility index (Phi) is 4.66. The Morgan fingerprint density at radius 3 is 2.55 bits per heavy atom. The number of rotatable bonds is 3. The second-order valence-corrected chi connectivity index (χ2v) is 5.43. The van der Waals surface area contributed by atoms with E-state index in [1.165, 1.54) is 0 Å². The van der Waals surface area contributed by atoms with Crippen LogP contribution in [0.4, 0.5) is 9.93 Å². The van der Waals surface area contributed by atoms with Gasteiger partial charge < -0.3 is 19.6 Å². The summed E-state index contributed by atoms with van der Waals surface area (Å²) in [4.78, 5) is 30.1. The van der Waals surface area contributed by atoms with Gasteiger partial charge >= 0.3 is 12.1 Å². The molecule has 9 heteroatoms. The maximum absolute atomic E-state index is 11.6. The van der Waals surface area contributed by atoms with Crippen molar-refractivity contribution in [3.8, 4) is 0 Å². The van der Waals surface area contributed by atoms with Gasteiger partial charge in [-0.05, 0) is 6.92 Å². The highest BCUT2D eigenvalue weighted by Gasteiger charge is 2.25. The first kappa shape index (κ1) is 14.9. The van der Waals surface area contributed by atoms with Gasteiger partial charge in [0, 0.05) is 26.2 Å². The average Bonchev–Trinajstić information content (AvgIpc) is 2.81. The number of carbonyl (C=O) groups is 2. The summed E-state index contributed by atoms with van der Waals surface area (Å²) in [6.07, 6.45) is -0.324. The van der Waals surface area contributed by atoms with Crippen molar-refractivity contribution in [2.75, 3.05) is 37.7 Å². The minimum atomic E-state index is -1.08. The van der Waals surface area contributed by atoms with Crippen molar-refractivity contribution in [2.45, 2.75) is 6.92 Å². The number of carbonyl (C=O) groups excluding carboxylic acids is 1. The zero-order chi connectivity index (χ0) is 14.7. The van der Waals surface area contributed by atoms with E-state index in [1.807, 2.05) is 4.90 Å². The number of piperazine rings is 1. The number of nitrogens with zero attached hydrogens (tertiary/aromatic N) is 3. The summed E-state index contributed by atoms with van der Waals surface area (Å²) in [5.41, 5.74) is 0. The molecule has 20 heavy (non-hydrogen) atoms. The van der Waals surface area contributed by atoms with Crippen molar-refractivity contribution in [3.63, 3.8) is 0 Å². The monoisotopic (exact) mass is 319 g/mol. The standard InChI is InChI=1S/C11H14ClN3O4S/c1-2-19-11(18)15-5-3-14(4-6-15)10-13-8(12)7(20-10)9(16)17/h2-6H2,1H3,(H,16,17). The van der Waals surface area contributed by atoms with Crippen molar-refractivity contribution in [2.24, 2.45) is 0 Å². The molecule has 1 fully saturated rings. The number of amides is 1. The lowest BCUT2D eigenvalue weighted by atomic mass is 10.3. The van der Waals surface area contributed by atoms with Crippen LogP contribution in [0.5, 0.6) is 0 Å². The highest BCUT2D eigenvalue weighted by Crippen LogP contribution is 2.30. The molecule has 7 nitrogen and oxygen atoms in total. The van der Waals surface area contributed by atoms with Crippen LogP contribution in [0, 0.1) is 0 Å². The van der Waals surface area contributed by atoms with E-state index in [9.17, 15) is 9.59 Å². The van der Waals surface area contributed by atoms with Gasteiger partial charge in [-0.2, -0.15) is 0 Å². The summed E-state index contributed by atoms with van der Waals surface area (Å²) >= 11 is 6.83. The van der Waals surface area contributed by atoms with Crippen LogP contribution in [0.25, 0.3) is 0 Å². The van der Waals surface area contributed by atoms with Crippen molar-refractivity contribution >= 4 is 40.1 Å². The highest BCUT2D eigenvalue weighted by atomic mass is 35.5. The lowest BCUT2D eigenvalue weighted by Crippen LogP contribution is -2.48. The van der Waals surface area contributed by atoms with Crippen LogP contribution in [0.1, 0.15) is 16.6 Å². The quantitative estimate of drug-likeness (QED) is 0.914. The molecular formula is C11H14ClN3O4S. The second kappa shape index (κ2) is 6.27. The van der Waals surface area contributed by atoms with Crippen LogP contribution in [0.2, 0.25) is 5.15 Å². The smallest absolute Gasteiger partial charge is 0.409 e. The molecule has 2 rings (SSSR count). The molecule has 0 bridgehead atoms. The first-order chi connectivity index (χ1) is 9.52. The predicted octanol–water partition coefficient (Wildman–Crippen LogP) is 1.77. The average molecular weight is 320 g/mol. The lowest BCUT2D eigenvalue weighted by molar-refractivity contribution is 0.0702. The van der Waals surface area contributed by atoms with Crippen LogP contribution in [0.15, 0.2) is 0 Å². The number of hydrogen-bond acceptors (Lipinski definition) is 6. The summed E-state index contributed by atoms with van der Waals surface area (Å²) in [6.45, 7) is 4.28. The summed E-state index contributed by atoms with van der Waals surface area (Å²) in [5, 5.41) is 9.52. The Labute approximate surface area is 124 Å². The summed E-state index contributed by atoms with van der Waals surface area (Å²) in [7, 11) is 0. The van der Waals surface area contributed by atoms with Gasteiger partial charge in [0.25, 0.3) is 0 Å². The molecular weight excluding hydrogens is 306 g/mol. The lowest BCUT2D eigenvalue weighted by Gasteiger charge is -2.33. The third-order valence-electron chi connectivity index (χ3n) is 2.84. The molecule has 1 aromatic heterocycles. The highest BCUT2D eigenvalue weighted by molar-refractivity contribution is 7.18. The maximum atomic E-state index is 11.6. The van der Waals surface area contributed by atoms with Gasteiger partial charge in [-0.1, -0.05) is 22.9 Å². The van der Waals surface area contributed by atoms with E-state index >= 15 is 0 Å². The summed E-state index contributed by atoms with van der Waals surface area (Å²) < 4.78 is 4.93. The molecule has 0 atom stereocenters. The summed E-state index contributed by atoms with van der Waals surface area (Å²) in [5.74, 6) is -1.08. The Hall–Kier alpha value is -1.54. The molecule has 1 aromatic rings. The van der Waals surface area contributed by atoms with E-state index in [1.54, 1.807) is 11.8 Å². The predicted molar refractivity (Wildman–Crippen MR) is 74.9 cm³/mol. The van der Waals surface area contributed by atoms with Gasteiger partial charge in [0.15, 0.2) is 15.2 Å². The fraction of sp³-hybridized carbons (Fsp3) is 0.545. The van der Waals surface area contributed by atoms with Crippen molar-refractivity contribution in [1.82, 2.24) is 9.88 Å². The van der Waals surface area contributed by atoms with Crippen LogP contribution in [0.3, 0.4) is 0 Å². The number of anilines is 1. The molecule has 110 valence electrons. The molecule has 0 aromatic carbocycles. The van der Waals surface area contributed by atoms with Gasteiger partial charge in [-0.3, -0.25) is 0 Å². The van der Waals surface area contributed by atoms with Crippen molar-refractivity contribution in [3.05, 3.63) is 10.0 Å².